The molecule has 1 N–H and O–H groups in total. The fourth-order valence-corrected chi connectivity index (χ4v) is 3.57. The van der Waals surface area contributed by atoms with Crippen molar-refractivity contribution in [3.8, 4) is 0 Å². The largest absolute Gasteiger partial charge is 0.492 e. The SMILES string of the molecule is Cc1sccc1C=C(CNC(=O)OCc1ccccc1)B1OC(C)(C)C(C)(C)O1. The molecule has 1 aliphatic rings. The van der Waals surface area contributed by atoms with Crippen molar-refractivity contribution < 1.29 is 18.8 Å². The minimum absolute atomic E-state index is 0.228. The lowest BCUT2D eigenvalue weighted by atomic mass is 9.77. The molecule has 0 spiro atoms. The van der Waals surface area contributed by atoms with E-state index >= 15 is 0 Å². The zero-order chi connectivity index (χ0) is 21.1. The number of ether oxygens (including phenoxy) is 1. The number of aryl methyl sites for hydroxylation is 1. The van der Waals surface area contributed by atoms with Crippen molar-refractivity contribution in [1.29, 1.82) is 0 Å². The van der Waals surface area contributed by atoms with Crippen molar-refractivity contribution in [3.63, 3.8) is 0 Å². The Kier molecular flexibility index (Phi) is 6.51. The first kappa shape index (κ1) is 21.6. The van der Waals surface area contributed by atoms with Crippen LogP contribution in [0, 0.1) is 6.92 Å². The number of alkyl carbamates (subject to hydrolysis) is 1. The highest BCUT2D eigenvalue weighted by Crippen LogP contribution is 2.39. The van der Waals surface area contributed by atoms with Crippen LogP contribution in [0.5, 0.6) is 0 Å². The van der Waals surface area contributed by atoms with Crippen LogP contribution in [0.25, 0.3) is 6.08 Å². The fourth-order valence-electron chi connectivity index (χ4n) is 2.89. The molecule has 1 amide bonds. The standard InChI is InChI=1S/C22H28BNO4S/c1-16-18(11-12-29-16)13-19(23-27-21(2,3)22(4,5)28-23)14-24-20(25)26-15-17-9-7-6-8-10-17/h6-13H,14-15H2,1-5H3,(H,24,25). The van der Waals surface area contributed by atoms with E-state index in [2.05, 4.69) is 18.3 Å². The fraction of sp³-hybridized carbons (Fsp3) is 0.409. The van der Waals surface area contributed by atoms with Crippen molar-refractivity contribution in [2.45, 2.75) is 52.4 Å². The summed E-state index contributed by atoms with van der Waals surface area (Å²) in [5.74, 6) is 0. The monoisotopic (exact) mass is 413 g/mol. The first-order valence-electron chi connectivity index (χ1n) is 9.73. The average molecular weight is 413 g/mol. The second-order valence-corrected chi connectivity index (χ2v) is 9.28. The van der Waals surface area contributed by atoms with Crippen molar-refractivity contribution >= 4 is 30.6 Å². The average Bonchev–Trinajstić information content (AvgIpc) is 3.16. The van der Waals surface area contributed by atoms with Crippen molar-refractivity contribution in [2.75, 3.05) is 6.54 Å². The quantitative estimate of drug-likeness (QED) is 0.678. The third-order valence-electron chi connectivity index (χ3n) is 5.45. The zero-order valence-corrected chi connectivity index (χ0v) is 18.5. The minimum atomic E-state index is -0.534. The van der Waals surface area contributed by atoms with Crippen LogP contribution < -0.4 is 5.32 Å². The van der Waals surface area contributed by atoms with E-state index in [9.17, 15) is 4.79 Å². The maximum absolute atomic E-state index is 12.2. The van der Waals surface area contributed by atoms with Gasteiger partial charge in [0, 0.05) is 11.4 Å². The number of carbonyl (C=O) groups is 1. The maximum Gasteiger partial charge on any atom is 0.492 e. The molecule has 1 saturated heterocycles. The third kappa shape index (κ3) is 5.29. The first-order chi connectivity index (χ1) is 13.7. The van der Waals surface area contributed by atoms with Gasteiger partial charge in [-0.1, -0.05) is 36.4 Å². The Morgan fingerprint density at radius 3 is 2.38 bits per heavy atom. The van der Waals surface area contributed by atoms with Crippen LogP contribution in [0.3, 0.4) is 0 Å². The number of thiophene rings is 1. The van der Waals surface area contributed by atoms with Gasteiger partial charge in [0.05, 0.1) is 11.2 Å². The number of carbonyl (C=O) groups excluding carboxylic acids is 1. The molecule has 3 rings (SSSR count). The number of hydrogen-bond acceptors (Lipinski definition) is 5. The van der Waals surface area contributed by atoms with Crippen LogP contribution in [0.1, 0.15) is 43.7 Å². The summed E-state index contributed by atoms with van der Waals surface area (Å²) < 4.78 is 17.7. The first-order valence-corrected chi connectivity index (χ1v) is 10.6. The summed E-state index contributed by atoms with van der Waals surface area (Å²) in [7, 11) is -0.534. The summed E-state index contributed by atoms with van der Waals surface area (Å²) in [5.41, 5.74) is 1.99. The summed E-state index contributed by atoms with van der Waals surface area (Å²) in [5, 5.41) is 4.88. The Balaban J connectivity index is 1.68. The number of amides is 1. The number of nitrogens with one attached hydrogen (secondary N) is 1. The van der Waals surface area contributed by atoms with Gasteiger partial charge in [-0.15, -0.1) is 11.3 Å². The van der Waals surface area contributed by atoms with E-state index in [0.29, 0.717) is 0 Å². The number of benzene rings is 1. The Bertz CT molecular complexity index is 860. The molecule has 0 aliphatic carbocycles. The Labute approximate surface area is 177 Å². The van der Waals surface area contributed by atoms with E-state index in [1.807, 2.05) is 69.5 Å². The van der Waals surface area contributed by atoms with Crippen molar-refractivity contribution in [3.05, 3.63) is 63.3 Å². The van der Waals surface area contributed by atoms with Crippen LogP contribution in [-0.2, 0) is 20.7 Å². The van der Waals surface area contributed by atoms with Gasteiger partial charge in [0.1, 0.15) is 6.61 Å². The molecule has 5 nitrogen and oxygen atoms in total. The molecular weight excluding hydrogens is 385 g/mol. The molecule has 0 radical (unpaired) electrons. The highest BCUT2D eigenvalue weighted by Gasteiger charge is 2.52. The van der Waals surface area contributed by atoms with Crippen LogP contribution in [0.2, 0.25) is 0 Å². The topological polar surface area (TPSA) is 56.8 Å². The Morgan fingerprint density at radius 1 is 1.14 bits per heavy atom. The van der Waals surface area contributed by atoms with Crippen LogP contribution in [0.4, 0.5) is 4.79 Å². The van der Waals surface area contributed by atoms with Gasteiger partial charge in [-0.05, 0) is 62.7 Å². The van der Waals surface area contributed by atoms with E-state index < -0.39 is 24.4 Å². The smallest absolute Gasteiger partial charge is 0.445 e. The van der Waals surface area contributed by atoms with Crippen molar-refractivity contribution in [1.82, 2.24) is 5.32 Å². The van der Waals surface area contributed by atoms with Gasteiger partial charge in [-0.3, -0.25) is 0 Å². The predicted octanol–water partition coefficient (Wildman–Crippen LogP) is 5.00. The molecule has 154 valence electrons. The lowest BCUT2D eigenvalue weighted by Crippen LogP contribution is -2.41. The van der Waals surface area contributed by atoms with Gasteiger partial charge in [0.25, 0.3) is 0 Å². The van der Waals surface area contributed by atoms with Crippen LogP contribution in [-0.4, -0.2) is 31.0 Å². The zero-order valence-electron chi connectivity index (χ0n) is 17.7. The predicted molar refractivity (Wildman–Crippen MR) is 118 cm³/mol. The van der Waals surface area contributed by atoms with Crippen LogP contribution >= 0.6 is 11.3 Å². The maximum atomic E-state index is 12.2. The molecule has 1 aromatic heterocycles. The molecule has 0 bridgehead atoms. The molecule has 1 aromatic carbocycles. The van der Waals surface area contributed by atoms with Gasteiger partial charge >= 0.3 is 13.2 Å². The lowest BCUT2D eigenvalue weighted by Gasteiger charge is -2.32. The summed E-state index contributed by atoms with van der Waals surface area (Å²) >= 11 is 1.68. The normalized spacial score (nSPS) is 18.0. The van der Waals surface area contributed by atoms with Crippen LogP contribution in [0.15, 0.2) is 47.3 Å². The molecule has 7 heteroatoms. The lowest BCUT2D eigenvalue weighted by molar-refractivity contribution is 0.00578. The molecule has 29 heavy (non-hydrogen) atoms. The number of rotatable bonds is 6. The third-order valence-corrected chi connectivity index (χ3v) is 6.31. The van der Waals surface area contributed by atoms with E-state index in [-0.39, 0.29) is 13.2 Å². The van der Waals surface area contributed by atoms with Gasteiger partial charge in [-0.2, -0.15) is 0 Å². The van der Waals surface area contributed by atoms with Gasteiger partial charge < -0.3 is 19.4 Å². The van der Waals surface area contributed by atoms with Crippen molar-refractivity contribution in [2.24, 2.45) is 0 Å². The van der Waals surface area contributed by atoms with Gasteiger partial charge in [-0.25, -0.2) is 4.79 Å². The summed E-state index contributed by atoms with van der Waals surface area (Å²) in [6.45, 7) is 10.6. The van der Waals surface area contributed by atoms with E-state index in [0.717, 1.165) is 16.6 Å². The van der Waals surface area contributed by atoms with E-state index in [1.54, 1.807) is 11.3 Å². The second kappa shape index (κ2) is 8.73. The molecule has 1 fully saturated rings. The summed E-state index contributed by atoms with van der Waals surface area (Å²) in [6, 6.07) is 11.7. The van der Waals surface area contributed by atoms with Gasteiger partial charge in [0.2, 0.25) is 0 Å². The highest BCUT2D eigenvalue weighted by molar-refractivity contribution is 7.10. The molecule has 1 aliphatic heterocycles. The summed E-state index contributed by atoms with van der Waals surface area (Å²) in [4.78, 5) is 13.4. The minimum Gasteiger partial charge on any atom is -0.445 e. The Morgan fingerprint density at radius 2 is 1.79 bits per heavy atom. The second-order valence-electron chi connectivity index (χ2n) is 8.15. The molecule has 0 saturated carbocycles. The highest BCUT2D eigenvalue weighted by atomic mass is 32.1. The van der Waals surface area contributed by atoms with Gasteiger partial charge in [0.15, 0.2) is 0 Å². The molecule has 0 unspecified atom stereocenters. The molecule has 0 atom stereocenters. The van der Waals surface area contributed by atoms with E-state index in [1.165, 1.54) is 4.88 Å². The summed E-state index contributed by atoms with van der Waals surface area (Å²) in [6.07, 6.45) is 1.56. The Hall–Kier alpha value is -2.09. The number of hydrogen-bond donors (Lipinski definition) is 1. The molecule has 2 heterocycles. The molecular formula is C22H28BNO4S. The molecule has 2 aromatic rings. The van der Waals surface area contributed by atoms with E-state index in [4.69, 9.17) is 14.0 Å².